The van der Waals surface area contributed by atoms with Crippen molar-refractivity contribution in [3.63, 3.8) is 0 Å². The number of nitrogens with zero attached hydrogens (tertiary/aromatic N) is 3. The van der Waals surface area contributed by atoms with Crippen molar-refractivity contribution < 1.29 is 18.4 Å². The molecule has 3 rings (SSSR count). The van der Waals surface area contributed by atoms with Crippen LogP contribution >= 0.6 is 0 Å². The second-order valence-corrected chi connectivity index (χ2v) is 7.04. The minimum atomic E-state index is -0.492. The molecule has 0 bridgehead atoms. The Kier molecular flexibility index (Phi) is 5.87. The van der Waals surface area contributed by atoms with Crippen LogP contribution in [0.1, 0.15) is 21.5 Å². The number of aryl methyl sites for hydroxylation is 1. The van der Waals surface area contributed by atoms with Crippen LogP contribution in [0.15, 0.2) is 47.0 Å². The number of hydrogen-bond acceptors (Lipinski definition) is 5. The summed E-state index contributed by atoms with van der Waals surface area (Å²) in [5.74, 6) is 0.0140. The van der Waals surface area contributed by atoms with E-state index in [1.807, 2.05) is 31.2 Å². The van der Waals surface area contributed by atoms with Crippen molar-refractivity contribution in [2.75, 3.05) is 33.2 Å². The monoisotopic (exact) mass is 397 g/mol. The second kappa shape index (κ2) is 8.34. The van der Waals surface area contributed by atoms with E-state index in [9.17, 15) is 9.18 Å². The molecule has 2 aromatic carbocycles. The molecule has 0 unspecified atom stereocenters. The molecule has 1 amide bonds. The Labute approximate surface area is 169 Å². The number of ether oxygens (including phenoxy) is 1. The van der Waals surface area contributed by atoms with E-state index in [0.717, 1.165) is 11.1 Å². The average Bonchev–Trinajstić information content (AvgIpc) is 3.14. The van der Waals surface area contributed by atoms with E-state index >= 15 is 0 Å². The average molecular weight is 397 g/mol. The number of anilines is 1. The highest BCUT2D eigenvalue weighted by Crippen LogP contribution is 2.34. The van der Waals surface area contributed by atoms with Crippen LogP contribution in [0.5, 0.6) is 5.75 Å². The molecule has 6 nitrogen and oxygen atoms in total. The molecule has 0 aliphatic carbocycles. The Bertz CT molecular complexity index is 1030. The van der Waals surface area contributed by atoms with Gasteiger partial charge in [0.2, 0.25) is 0 Å². The van der Waals surface area contributed by atoms with Gasteiger partial charge in [-0.05, 0) is 36.2 Å². The summed E-state index contributed by atoms with van der Waals surface area (Å²) in [6, 6.07) is 12.2. The van der Waals surface area contributed by atoms with Crippen LogP contribution in [0.25, 0.3) is 11.3 Å². The topological polar surface area (TPSA) is 58.8 Å². The number of amides is 1. The smallest absolute Gasteiger partial charge is 0.261 e. The summed E-state index contributed by atoms with van der Waals surface area (Å²) < 4.78 is 24.4. The van der Waals surface area contributed by atoms with Gasteiger partial charge in [0, 0.05) is 33.3 Å². The number of aromatic nitrogens is 1. The molecule has 1 aromatic heterocycles. The summed E-state index contributed by atoms with van der Waals surface area (Å²) in [6.07, 6.45) is 0. The molecular formula is C22H24FN3O3. The third-order valence-electron chi connectivity index (χ3n) is 4.74. The lowest BCUT2D eigenvalue weighted by Gasteiger charge is -2.20. The summed E-state index contributed by atoms with van der Waals surface area (Å²) >= 11 is 0. The number of hydrogen-bond donors (Lipinski definition) is 0. The molecule has 7 heteroatoms. The van der Waals surface area contributed by atoms with Crippen LogP contribution < -0.4 is 9.64 Å². The summed E-state index contributed by atoms with van der Waals surface area (Å²) in [4.78, 5) is 16.7. The molecule has 29 heavy (non-hydrogen) atoms. The molecule has 0 aliphatic rings. The summed E-state index contributed by atoms with van der Waals surface area (Å²) in [5, 5.41) is 4.07. The minimum absolute atomic E-state index is 0.0666. The first-order valence-electron chi connectivity index (χ1n) is 9.14. The first-order valence-corrected chi connectivity index (χ1v) is 9.14. The van der Waals surface area contributed by atoms with Gasteiger partial charge in [0.05, 0.1) is 7.11 Å². The van der Waals surface area contributed by atoms with Crippen LogP contribution in [0, 0.1) is 12.7 Å². The van der Waals surface area contributed by atoms with Crippen molar-refractivity contribution in [2.45, 2.75) is 13.5 Å². The van der Waals surface area contributed by atoms with Crippen molar-refractivity contribution in [3.05, 3.63) is 65.0 Å². The standard InChI is InChI=1S/C22H24FN3O3/c1-14-8-6-7-9-16(14)13-26(4)22(27)19-20(29-24-21(19)25(2)3)15-10-11-17(23)18(12-15)28-5/h6-12H,13H2,1-5H3. The van der Waals surface area contributed by atoms with Gasteiger partial charge >= 0.3 is 0 Å². The number of halogens is 1. The molecule has 3 aromatic rings. The molecule has 0 fully saturated rings. The highest BCUT2D eigenvalue weighted by molar-refractivity contribution is 6.04. The van der Waals surface area contributed by atoms with Gasteiger partial charge in [0.25, 0.3) is 5.91 Å². The van der Waals surface area contributed by atoms with Crippen molar-refractivity contribution in [3.8, 4) is 17.1 Å². The number of rotatable bonds is 6. The SMILES string of the molecule is COc1cc(-c2onc(N(C)C)c2C(=O)N(C)Cc2ccccc2C)ccc1F. The van der Waals surface area contributed by atoms with E-state index in [1.165, 1.54) is 25.3 Å². The lowest BCUT2D eigenvalue weighted by molar-refractivity contribution is 0.0785. The van der Waals surface area contributed by atoms with Gasteiger partial charge in [0.15, 0.2) is 23.1 Å². The molecule has 0 radical (unpaired) electrons. The molecule has 0 saturated carbocycles. The summed E-state index contributed by atoms with van der Waals surface area (Å²) in [7, 11) is 6.68. The Morgan fingerprint density at radius 3 is 2.55 bits per heavy atom. The molecular weight excluding hydrogens is 373 g/mol. The predicted octanol–water partition coefficient (Wildman–Crippen LogP) is 4.14. The number of methoxy groups -OCH3 is 1. The van der Waals surface area contributed by atoms with Crippen molar-refractivity contribution in [2.24, 2.45) is 0 Å². The van der Waals surface area contributed by atoms with E-state index in [1.54, 1.807) is 30.9 Å². The van der Waals surface area contributed by atoms with Crippen molar-refractivity contribution in [1.29, 1.82) is 0 Å². The van der Waals surface area contributed by atoms with Crippen molar-refractivity contribution in [1.82, 2.24) is 10.1 Å². The predicted molar refractivity (Wildman–Crippen MR) is 110 cm³/mol. The maximum Gasteiger partial charge on any atom is 0.261 e. The largest absolute Gasteiger partial charge is 0.494 e. The van der Waals surface area contributed by atoms with Gasteiger partial charge in [0.1, 0.15) is 5.56 Å². The number of carbonyl (C=O) groups excluding carboxylic acids is 1. The number of carbonyl (C=O) groups is 1. The Morgan fingerprint density at radius 2 is 1.90 bits per heavy atom. The van der Waals surface area contributed by atoms with Crippen LogP contribution in [0.4, 0.5) is 10.2 Å². The van der Waals surface area contributed by atoms with Crippen molar-refractivity contribution >= 4 is 11.7 Å². The first-order chi connectivity index (χ1) is 13.8. The van der Waals surface area contributed by atoms with Crippen LogP contribution in [0.3, 0.4) is 0 Å². The molecule has 1 heterocycles. The van der Waals surface area contributed by atoms with Crippen LogP contribution in [0.2, 0.25) is 0 Å². The maximum absolute atomic E-state index is 13.8. The molecule has 0 aliphatic heterocycles. The quantitative estimate of drug-likeness (QED) is 0.626. The fourth-order valence-electron chi connectivity index (χ4n) is 3.08. The third kappa shape index (κ3) is 4.08. The Morgan fingerprint density at radius 1 is 1.17 bits per heavy atom. The number of benzene rings is 2. The highest BCUT2D eigenvalue weighted by Gasteiger charge is 2.28. The van der Waals surface area contributed by atoms with Gasteiger partial charge in [-0.3, -0.25) is 4.79 Å². The van der Waals surface area contributed by atoms with Crippen LogP contribution in [-0.4, -0.2) is 44.2 Å². The van der Waals surface area contributed by atoms with Gasteiger partial charge in [-0.2, -0.15) is 0 Å². The highest BCUT2D eigenvalue weighted by atomic mass is 19.1. The normalized spacial score (nSPS) is 10.7. The first kappa shape index (κ1) is 20.4. The zero-order valence-corrected chi connectivity index (χ0v) is 17.2. The second-order valence-electron chi connectivity index (χ2n) is 7.04. The van der Waals surface area contributed by atoms with E-state index in [0.29, 0.717) is 23.5 Å². The zero-order valence-electron chi connectivity index (χ0n) is 17.2. The van der Waals surface area contributed by atoms with Gasteiger partial charge in [-0.25, -0.2) is 4.39 Å². The van der Waals surface area contributed by atoms with Crippen LogP contribution in [-0.2, 0) is 6.54 Å². The molecule has 0 saturated heterocycles. The summed E-state index contributed by atoms with van der Waals surface area (Å²) in [6.45, 7) is 2.45. The lowest BCUT2D eigenvalue weighted by Crippen LogP contribution is -2.28. The fourth-order valence-corrected chi connectivity index (χ4v) is 3.08. The lowest BCUT2D eigenvalue weighted by atomic mass is 10.1. The van der Waals surface area contributed by atoms with Gasteiger partial charge in [-0.1, -0.05) is 29.4 Å². The molecule has 0 N–H and O–H groups in total. The molecule has 152 valence electrons. The molecule has 0 spiro atoms. The van der Waals surface area contributed by atoms with E-state index < -0.39 is 5.82 Å². The Hall–Kier alpha value is -3.35. The third-order valence-corrected chi connectivity index (χ3v) is 4.74. The molecule has 0 atom stereocenters. The van der Waals surface area contributed by atoms with E-state index in [4.69, 9.17) is 9.26 Å². The minimum Gasteiger partial charge on any atom is -0.494 e. The van der Waals surface area contributed by atoms with Gasteiger partial charge < -0.3 is 19.1 Å². The summed E-state index contributed by atoms with van der Waals surface area (Å²) in [5.41, 5.74) is 2.99. The van der Waals surface area contributed by atoms with E-state index in [-0.39, 0.29) is 17.4 Å². The fraction of sp³-hybridized carbons (Fsp3) is 0.273. The Balaban J connectivity index is 2.02. The zero-order chi connectivity index (χ0) is 21.1. The maximum atomic E-state index is 13.8. The van der Waals surface area contributed by atoms with Gasteiger partial charge in [-0.15, -0.1) is 0 Å². The van der Waals surface area contributed by atoms with E-state index in [2.05, 4.69) is 5.16 Å².